The minimum atomic E-state index is -0.236. The van der Waals surface area contributed by atoms with Crippen LogP contribution in [0.15, 0.2) is 212 Å². The molecule has 0 spiro atoms. The van der Waals surface area contributed by atoms with E-state index in [0.717, 1.165) is 33.2 Å². The lowest BCUT2D eigenvalue weighted by Gasteiger charge is -2.24. The Morgan fingerprint density at radius 1 is 0.381 bits per heavy atom. The van der Waals surface area contributed by atoms with E-state index < -0.39 is 0 Å². The molecule has 0 saturated heterocycles. The number of hydrogen-bond acceptors (Lipinski definition) is 3. The maximum absolute atomic E-state index is 14.2. The van der Waals surface area contributed by atoms with Gasteiger partial charge in [-0.15, -0.1) is 22.7 Å². The van der Waals surface area contributed by atoms with Crippen LogP contribution >= 0.6 is 22.7 Å². The number of thiophene rings is 2. The Bertz CT molecular complexity index is 3760. The molecule has 5 heteroatoms. The van der Waals surface area contributed by atoms with Crippen LogP contribution in [0.1, 0.15) is 0 Å². The molecule has 0 aliphatic heterocycles. The standard InChI is InChI=1S/C58H35FN2S2/c59-45-11-7-10-40(32-45)36-20-25-47(26-21-36)60(48-27-22-37(23-28-48)44-30-42-18-16-38-8-6-9-39-17-19-43(31-44)58(42)57(38)39)56-35-55-54(63-56)34-53(62-55)41-24-29-52-50(33-41)49-14-4-5-15-51(49)61(52)46-12-2-1-3-13-46/h1-35H. The lowest BCUT2D eigenvalue weighted by Crippen LogP contribution is -2.08. The Kier molecular flexibility index (Phi) is 8.17. The van der Waals surface area contributed by atoms with Crippen LogP contribution in [-0.4, -0.2) is 4.57 Å². The van der Waals surface area contributed by atoms with E-state index in [1.54, 1.807) is 12.1 Å². The van der Waals surface area contributed by atoms with Crippen molar-refractivity contribution in [2.45, 2.75) is 0 Å². The molecule has 2 nitrogen and oxygen atoms in total. The van der Waals surface area contributed by atoms with E-state index in [-0.39, 0.29) is 5.82 Å². The van der Waals surface area contributed by atoms with Crippen LogP contribution in [0.4, 0.5) is 20.8 Å². The fourth-order valence-electron chi connectivity index (χ4n) is 9.65. The SMILES string of the molecule is Fc1cccc(-c2ccc(N(c3ccc(-c4cc5ccc6cccc7ccc(c4)c5c67)cc3)c3cc4sc(-c5ccc6c(c5)c5ccccc5n6-c5ccccc5)cc4s3)cc2)c1. The number of nitrogens with zero attached hydrogens (tertiary/aromatic N) is 2. The molecule has 0 N–H and O–H groups in total. The van der Waals surface area contributed by atoms with Crippen molar-refractivity contribution in [3.05, 3.63) is 218 Å². The normalized spacial score (nSPS) is 11.9. The molecule has 0 radical (unpaired) electrons. The maximum atomic E-state index is 14.2. The predicted octanol–water partition coefficient (Wildman–Crippen LogP) is 17.6. The number of fused-ring (bicyclic) bond motifs is 4. The van der Waals surface area contributed by atoms with E-state index in [2.05, 4.69) is 198 Å². The molecular weight excluding hydrogens is 808 g/mol. The smallest absolute Gasteiger partial charge is 0.123 e. The van der Waals surface area contributed by atoms with Gasteiger partial charge in [0, 0.05) is 42.1 Å². The Morgan fingerprint density at radius 2 is 0.984 bits per heavy atom. The Morgan fingerprint density at radius 3 is 1.70 bits per heavy atom. The van der Waals surface area contributed by atoms with Gasteiger partial charge in [-0.1, -0.05) is 121 Å². The molecule has 13 aromatic rings. The summed E-state index contributed by atoms with van der Waals surface area (Å²) in [5.74, 6) is -0.236. The molecule has 0 fully saturated rings. The second-order valence-electron chi connectivity index (χ2n) is 16.3. The summed E-state index contributed by atoms with van der Waals surface area (Å²) in [5.41, 5.74) is 11.1. The topological polar surface area (TPSA) is 8.17 Å². The summed E-state index contributed by atoms with van der Waals surface area (Å²) in [5, 5.41) is 11.4. The minimum absolute atomic E-state index is 0.236. The van der Waals surface area contributed by atoms with Gasteiger partial charge in [0.05, 0.1) is 11.0 Å². The summed E-state index contributed by atoms with van der Waals surface area (Å²) in [6, 6.07) is 75.4. The highest BCUT2D eigenvalue weighted by Crippen LogP contribution is 2.47. The zero-order valence-electron chi connectivity index (χ0n) is 33.8. The summed E-state index contributed by atoms with van der Waals surface area (Å²) >= 11 is 3.65. The van der Waals surface area contributed by atoms with E-state index in [1.807, 2.05) is 28.7 Å². The van der Waals surface area contributed by atoms with Gasteiger partial charge >= 0.3 is 0 Å². The third-order valence-electron chi connectivity index (χ3n) is 12.6. The molecule has 63 heavy (non-hydrogen) atoms. The minimum Gasteiger partial charge on any atom is -0.309 e. The van der Waals surface area contributed by atoms with Gasteiger partial charge in [0.15, 0.2) is 0 Å². The van der Waals surface area contributed by atoms with Crippen molar-refractivity contribution < 1.29 is 4.39 Å². The first kappa shape index (κ1) is 36.1. The molecule has 3 heterocycles. The van der Waals surface area contributed by atoms with Gasteiger partial charge < -0.3 is 9.47 Å². The highest BCUT2D eigenvalue weighted by molar-refractivity contribution is 7.31. The fraction of sp³-hybridized carbons (Fsp3) is 0. The predicted molar refractivity (Wildman–Crippen MR) is 269 cm³/mol. The first-order valence-electron chi connectivity index (χ1n) is 21.2. The molecule has 0 aliphatic rings. The second-order valence-corrected chi connectivity index (χ2v) is 18.4. The molecule has 3 aromatic heterocycles. The van der Waals surface area contributed by atoms with Crippen molar-refractivity contribution in [2.75, 3.05) is 4.90 Å². The van der Waals surface area contributed by atoms with E-state index in [1.165, 1.54) is 91.2 Å². The number of rotatable bonds is 7. The Labute approximate surface area is 370 Å². The van der Waals surface area contributed by atoms with E-state index in [0.29, 0.717) is 0 Å². The van der Waals surface area contributed by atoms with Gasteiger partial charge in [-0.05, 0) is 151 Å². The third-order valence-corrected chi connectivity index (χ3v) is 14.9. The first-order valence-corrected chi connectivity index (χ1v) is 22.8. The van der Waals surface area contributed by atoms with Crippen molar-refractivity contribution in [2.24, 2.45) is 0 Å². The van der Waals surface area contributed by atoms with Crippen molar-refractivity contribution in [3.63, 3.8) is 0 Å². The van der Waals surface area contributed by atoms with Crippen molar-refractivity contribution >= 4 is 103 Å². The van der Waals surface area contributed by atoms with Gasteiger partial charge in [-0.3, -0.25) is 0 Å². The Hall–Kier alpha value is -7.57. The second kappa shape index (κ2) is 14.2. The summed E-state index contributed by atoms with van der Waals surface area (Å²) in [4.78, 5) is 3.60. The lowest BCUT2D eigenvalue weighted by molar-refractivity contribution is 0.628. The van der Waals surface area contributed by atoms with Crippen LogP contribution in [0.2, 0.25) is 0 Å². The van der Waals surface area contributed by atoms with Crippen LogP contribution in [-0.2, 0) is 0 Å². The molecule has 13 rings (SSSR count). The highest BCUT2D eigenvalue weighted by Gasteiger charge is 2.20. The maximum Gasteiger partial charge on any atom is 0.123 e. The molecule has 0 atom stereocenters. The largest absolute Gasteiger partial charge is 0.309 e. The fourth-order valence-corrected chi connectivity index (χ4v) is 12.1. The van der Waals surface area contributed by atoms with Gasteiger partial charge in [0.1, 0.15) is 10.8 Å². The zero-order valence-corrected chi connectivity index (χ0v) is 35.4. The van der Waals surface area contributed by atoms with Crippen LogP contribution in [0.25, 0.3) is 102 Å². The zero-order chi connectivity index (χ0) is 41.6. The van der Waals surface area contributed by atoms with Crippen LogP contribution in [0.5, 0.6) is 0 Å². The van der Waals surface area contributed by atoms with Crippen LogP contribution in [0, 0.1) is 5.82 Å². The number of aromatic nitrogens is 1. The van der Waals surface area contributed by atoms with Gasteiger partial charge in [-0.25, -0.2) is 4.39 Å². The molecular formula is C58H35FN2S2. The van der Waals surface area contributed by atoms with E-state index in [9.17, 15) is 4.39 Å². The number of halogens is 1. The highest BCUT2D eigenvalue weighted by atomic mass is 32.1. The molecule has 0 bridgehead atoms. The summed E-state index contributed by atoms with van der Waals surface area (Å²) in [6.07, 6.45) is 0. The first-order chi connectivity index (χ1) is 31.1. The van der Waals surface area contributed by atoms with Crippen LogP contribution < -0.4 is 4.90 Å². The van der Waals surface area contributed by atoms with Crippen molar-refractivity contribution in [1.82, 2.24) is 4.57 Å². The molecule has 0 unspecified atom stereocenters. The summed E-state index contributed by atoms with van der Waals surface area (Å²) in [7, 11) is 0. The molecule has 0 amide bonds. The number of anilines is 3. The van der Waals surface area contributed by atoms with E-state index >= 15 is 0 Å². The molecule has 296 valence electrons. The average molecular weight is 843 g/mol. The quantitative estimate of drug-likeness (QED) is 0.145. The van der Waals surface area contributed by atoms with Crippen molar-refractivity contribution in [3.8, 4) is 38.4 Å². The van der Waals surface area contributed by atoms with Gasteiger partial charge in [0.25, 0.3) is 0 Å². The molecule has 0 aliphatic carbocycles. The average Bonchev–Trinajstić information content (AvgIpc) is 4.02. The Balaban J connectivity index is 0.886. The van der Waals surface area contributed by atoms with Crippen LogP contribution in [0.3, 0.4) is 0 Å². The van der Waals surface area contributed by atoms with Crippen molar-refractivity contribution in [1.29, 1.82) is 0 Å². The summed E-state index contributed by atoms with van der Waals surface area (Å²) in [6.45, 7) is 0. The molecule has 10 aromatic carbocycles. The van der Waals surface area contributed by atoms with Gasteiger partial charge in [0.2, 0.25) is 0 Å². The number of para-hydroxylation sites is 2. The number of benzene rings is 10. The number of hydrogen-bond donors (Lipinski definition) is 0. The third kappa shape index (κ3) is 5.96. The molecule has 0 saturated carbocycles. The summed E-state index contributed by atoms with van der Waals surface area (Å²) < 4.78 is 19.1. The van der Waals surface area contributed by atoms with Gasteiger partial charge in [-0.2, -0.15) is 0 Å². The monoisotopic (exact) mass is 842 g/mol. The lowest BCUT2D eigenvalue weighted by atomic mass is 9.91. The van der Waals surface area contributed by atoms with E-state index in [4.69, 9.17) is 0 Å².